The summed E-state index contributed by atoms with van der Waals surface area (Å²) in [5, 5.41) is 12.6. The molecular formula is C18H24N2O3. The number of urea groups is 1. The van der Waals surface area contributed by atoms with Gasteiger partial charge < -0.3 is 15.3 Å². The van der Waals surface area contributed by atoms with Crippen LogP contribution in [0.4, 0.5) is 4.79 Å². The minimum atomic E-state index is -0.748. The molecule has 2 amide bonds. The van der Waals surface area contributed by atoms with Crippen molar-refractivity contribution < 1.29 is 14.7 Å². The molecule has 2 aliphatic rings. The monoisotopic (exact) mass is 316 g/mol. The number of carboxylic acid groups (broad SMARTS) is 1. The quantitative estimate of drug-likeness (QED) is 0.901. The lowest BCUT2D eigenvalue weighted by molar-refractivity contribution is -0.149. The molecule has 1 aliphatic heterocycles. The fourth-order valence-corrected chi connectivity index (χ4v) is 4.09. The van der Waals surface area contributed by atoms with Crippen LogP contribution in [0.5, 0.6) is 0 Å². The van der Waals surface area contributed by atoms with E-state index >= 15 is 0 Å². The second-order valence-corrected chi connectivity index (χ2v) is 7.02. The first-order valence-corrected chi connectivity index (χ1v) is 8.28. The van der Waals surface area contributed by atoms with Crippen molar-refractivity contribution in [2.24, 2.45) is 11.3 Å². The number of nitrogens with one attached hydrogen (secondary N) is 1. The average molecular weight is 316 g/mol. The Balaban J connectivity index is 1.67. The van der Waals surface area contributed by atoms with Gasteiger partial charge in [0.2, 0.25) is 0 Å². The molecule has 3 atom stereocenters. The first-order chi connectivity index (χ1) is 10.9. The molecule has 5 nitrogen and oxygen atoms in total. The number of hydrogen-bond acceptors (Lipinski definition) is 2. The highest BCUT2D eigenvalue weighted by molar-refractivity contribution is 5.80. The van der Waals surface area contributed by atoms with E-state index in [1.54, 1.807) is 4.90 Å². The Hall–Kier alpha value is -2.04. The number of rotatable bonds is 3. The molecule has 2 N–H and O–H groups in total. The molecule has 1 aliphatic carbocycles. The van der Waals surface area contributed by atoms with Crippen molar-refractivity contribution in [3.8, 4) is 0 Å². The topological polar surface area (TPSA) is 69.6 Å². The van der Waals surface area contributed by atoms with Crippen LogP contribution in [0.1, 0.15) is 43.4 Å². The second kappa shape index (κ2) is 5.87. The van der Waals surface area contributed by atoms with E-state index < -0.39 is 11.4 Å². The van der Waals surface area contributed by atoms with Gasteiger partial charge in [-0.3, -0.25) is 4.79 Å². The number of carbonyl (C=O) groups excluding carboxylic acids is 1. The molecule has 1 heterocycles. The number of benzene rings is 1. The molecule has 5 heteroatoms. The van der Waals surface area contributed by atoms with E-state index in [2.05, 4.69) is 11.4 Å². The first kappa shape index (κ1) is 15.8. The molecule has 1 unspecified atom stereocenters. The van der Waals surface area contributed by atoms with Gasteiger partial charge in [-0.15, -0.1) is 0 Å². The maximum Gasteiger partial charge on any atom is 0.317 e. The third-order valence-corrected chi connectivity index (χ3v) is 5.47. The summed E-state index contributed by atoms with van der Waals surface area (Å²) in [6, 6.07) is 7.80. The Morgan fingerprint density at radius 3 is 2.87 bits per heavy atom. The van der Waals surface area contributed by atoms with Crippen LogP contribution in [-0.2, 0) is 4.79 Å². The average Bonchev–Trinajstić information content (AvgIpc) is 3.05. The van der Waals surface area contributed by atoms with Crippen molar-refractivity contribution in [1.82, 2.24) is 10.2 Å². The molecule has 0 aromatic heterocycles. The number of carbonyl (C=O) groups is 2. The summed E-state index contributed by atoms with van der Waals surface area (Å²) in [4.78, 5) is 25.9. The maximum atomic E-state index is 12.5. The van der Waals surface area contributed by atoms with Gasteiger partial charge in [-0.05, 0) is 38.2 Å². The van der Waals surface area contributed by atoms with Gasteiger partial charge in [0.25, 0.3) is 0 Å². The van der Waals surface area contributed by atoms with Crippen molar-refractivity contribution >= 4 is 12.0 Å². The second-order valence-electron chi connectivity index (χ2n) is 7.02. The Kier molecular flexibility index (Phi) is 4.04. The fourth-order valence-electron chi connectivity index (χ4n) is 4.09. The van der Waals surface area contributed by atoms with Gasteiger partial charge in [0.1, 0.15) is 0 Å². The standard InChI is InChI=1S/C18H24N2O3/c1-12-5-3-6-14(9-12)13(2)19-17(23)20-10-15-7-4-8-18(15,11-20)16(21)22/h3,5-6,9,13,15H,4,7-8,10-11H2,1-2H3,(H,19,23)(H,21,22)/t13?,15-,18+/m0/s1. The van der Waals surface area contributed by atoms with E-state index in [4.69, 9.17) is 0 Å². The van der Waals surface area contributed by atoms with Crippen LogP contribution >= 0.6 is 0 Å². The lowest BCUT2D eigenvalue weighted by Crippen LogP contribution is -2.42. The van der Waals surface area contributed by atoms with Crippen LogP contribution in [0.25, 0.3) is 0 Å². The molecule has 1 saturated heterocycles. The summed E-state index contributed by atoms with van der Waals surface area (Å²) >= 11 is 0. The summed E-state index contributed by atoms with van der Waals surface area (Å²) in [5.74, 6) is -0.651. The Morgan fingerprint density at radius 2 is 2.22 bits per heavy atom. The molecule has 1 aromatic rings. The predicted molar refractivity (Wildman–Crippen MR) is 87.1 cm³/mol. The third-order valence-electron chi connectivity index (χ3n) is 5.47. The zero-order valence-electron chi connectivity index (χ0n) is 13.7. The van der Waals surface area contributed by atoms with Gasteiger partial charge in [-0.25, -0.2) is 4.79 Å². The molecule has 3 rings (SSSR count). The van der Waals surface area contributed by atoms with E-state index in [9.17, 15) is 14.7 Å². The summed E-state index contributed by atoms with van der Waals surface area (Å²) in [6.45, 7) is 4.87. The van der Waals surface area contributed by atoms with E-state index in [1.807, 2.05) is 32.0 Å². The highest BCUT2D eigenvalue weighted by atomic mass is 16.4. The van der Waals surface area contributed by atoms with Gasteiger partial charge in [-0.2, -0.15) is 0 Å². The Morgan fingerprint density at radius 1 is 1.43 bits per heavy atom. The lowest BCUT2D eigenvalue weighted by Gasteiger charge is -2.24. The molecule has 1 aromatic carbocycles. The summed E-state index contributed by atoms with van der Waals surface area (Å²) in [5.41, 5.74) is 1.50. The van der Waals surface area contributed by atoms with Crippen molar-refractivity contribution in [3.05, 3.63) is 35.4 Å². The normalized spacial score (nSPS) is 27.6. The van der Waals surface area contributed by atoms with E-state index in [-0.39, 0.29) is 18.0 Å². The third kappa shape index (κ3) is 2.80. The van der Waals surface area contributed by atoms with E-state index in [0.717, 1.165) is 24.0 Å². The van der Waals surface area contributed by atoms with Crippen LogP contribution < -0.4 is 5.32 Å². The Labute approximate surface area is 136 Å². The summed E-state index contributed by atoms with van der Waals surface area (Å²) in [7, 11) is 0. The summed E-state index contributed by atoms with van der Waals surface area (Å²) < 4.78 is 0. The molecule has 0 spiro atoms. The van der Waals surface area contributed by atoms with Crippen LogP contribution in [0.2, 0.25) is 0 Å². The highest BCUT2D eigenvalue weighted by Gasteiger charge is 2.55. The number of aryl methyl sites for hydroxylation is 1. The Bertz CT molecular complexity index is 630. The van der Waals surface area contributed by atoms with Gasteiger partial charge in [-0.1, -0.05) is 36.2 Å². The highest BCUT2D eigenvalue weighted by Crippen LogP contribution is 2.48. The van der Waals surface area contributed by atoms with Crippen molar-refractivity contribution in [1.29, 1.82) is 0 Å². The molecule has 1 saturated carbocycles. The van der Waals surface area contributed by atoms with Crippen LogP contribution in [0.3, 0.4) is 0 Å². The lowest BCUT2D eigenvalue weighted by atomic mass is 9.81. The number of carboxylic acids is 1. The molecule has 0 bridgehead atoms. The maximum absolute atomic E-state index is 12.5. The zero-order valence-corrected chi connectivity index (χ0v) is 13.7. The summed E-state index contributed by atoms with van der Waals surface area (Å²) in [6.07, 6.45) is 2.54. The van der Waals surface area contributed by atoms with Crippen LogP contribution in [-0.4, -0.2) is 35.1 Å². The number of amides is 2. The molecule has 0 radical (unpaired) electrons. The zero-order chi connectivity index (χ0) is 16.6. The van der Waals surface area contributed by atoms with Gasteiger partial charge in [0.15, 0.2) is 0 Å². The SMILES string of the molecule is Cc1cccc(C(C)NC(=O)N2C[C@@H]3CCC[C@@]3(C(=O)O)C2)c1. The van der Waals surface area contributed by atoms with Crippen molar-refractivity contribution in [2.45, 2.75) is 39.2 Å². The smallest absolute Gasteiger partial charge is 0.317 e. The largest absolute Gasteiger partial charge is 0.481 e. The van der Waals surface area contributed by atoms with E-state index in [0.29, 0.717) is 19.5 Å². The fraction of sp³-hybridized carbons (Fsp3) is 0.556. The van der Waals surface area contributed by atoms with Gasteiger partial charge in [0.05, 0.1) is 11.5 Å². The number of hydrogen-bond donors (Lipinski definition) is 2. The molecule has 23 heavy (non-hydrogen) atoms. The number of likely N-dealkylation sites (tertiary alicyclic amines) is 1. The van der Waals surface area contributed by atoms with Crippen molar-refractivity contribution in [3.63, 3.8) is 0 Å². The minimum absolute atomic E-state index is 0.0939. The molecule has 124 valence electrons. The number of fused-ring (bicyclic) bond motifs is 1. The minimum Gasteiger partial charge on any atom is -0.481 e. The number of aliphatic carboxylic acids is 1. The predicted octanol–water partition coefficient (Wildman–Crippen LogP) is 2.95. The molecular weight excluding hydrogens is 292 g/mol. The van der Waals surface area contributed by atoms with Crippen LogP contribution in [0, 0.1) is 18.3 Å². The molecule has 2 fully saturated rings. The van der Waals surface area contributed by atoms with Gasteiger partial charge >= 0.3 is 12.0 Å². The van der Waals surface area contributed by atoms with E-state index in [1.165, 1.54) is 0 Å². The first-order valence-electron chi connectivity index (χ1n) is 8.28. The van der Waals surface area contributed by atoms with Gasteiger partial charge in [0, 0.05) is 13.1 Å². The number of nitrogens with zero attached hydrogens (tertiary/aromatic N) is 1. The van der Waals surface area contributed by atoms with Crippen LogP contribution in [0.15, 0.2) is 24.3 Å². The van der Waals surface area contributed by atoms with Crippen molar-refractivity contribution in [2.75, 3.05) is 13.1 Å².